The number of hydrogen-bond acceptors (Lipinski definition) is 5. The lowest BCUT2D eigenvalue weighted by Crippen LogP contribution is -2.00. The highest BCUT2D eigenvalue weighted by atomic mass is 15.1. The van der Waals surface area contributed by atoms with Gasteiger partial charge in [0.1, 0.15) is 23.4 Å². The molecule has 52 heavy (non-hydrogen) atoms. The molecule has 0 fully saturated rings. The van der Waals surface area contributed by atoms with Crippen LogP contribution in [0.25, 0.3) is 83.6 Å². The molecule has 9 aromatic rings. The van der Waals surface area contributed by atoms with Crippen molar-refractivity contribution in [2.24, 2.45) is 0 Å². The van der Waals surface area contributed by atoms with E-state index >= 15 is 0 Å². The number of hydrogen-bond donors (Lipinski definition) is 0. The van der Waals surface area contributed by atoms with Gasteiger partial charge in [0.05, 0.1) is 22.1 Å². The molecule has 3 aromatic heterocycles. The van der Waals surface area contributed by atoms with Crippen molar-refractivity contribution in [1.29, 1.82) is 5.26 Å². The maximum atomic E-state index is 9.92. The summed E-state index contributed by atoms with van der Waals surface area (Å²) in [6, 6.07) is 54.5. The van der Waals surface area contributed by atoms with E-state index in [1.807, 2.05) is 121 Å². The van der Waals surface area contributed by atoms with Crippen LogP contribution < -0.4 is 0 Å². The molecule has 0 bridgehead atoms. The second-order valence-electron chi connectivity index (χ2n) is 12.2. The summed E-state index contributed by atoms with van der Waals surface area (Å²) < 4.78 is 4.29. The van der Waals surface area contributed by atoms with Crippen LogP contribution in [0.4, 0.5) is 5.82 Å². The van der Waals surface area contributed by atoms with Crippen LogP contribution in [0.3, 0.4) is 0 Å². The quantitative estimate of drug-likeness (QED) is 0.165. The lowest BCUT2D eigenvalue weighted by Gasteiger charge is -2.13. The van der Waals surface area contributed by atoms with Gasteiger partial charge in [-0.25, -0.2) is 15.0 Å². The lowest BCUT2D eigenvalue weighted by atomic mass is 10.0. The van der Waals surface area contributed by atoms with E-state index in [9.17, 15) is 5.26 Å². The van der Waals surface area contributed by atoms with Crippen molar-refractivity contribution < 1.29 is 0 Å². The Hall–Kier alpha value is -7.68. The molecule has 242 valence electrons. The number of nitrogens with zero attached hydrogens (tertiary/aromatic N) is 8. The van der Waals surface area contributed by atoms with Gasteiger partial charge in [0, 0.05) is 33.6 Å². The summed E-state index contributed by atoms with van der Waals surface area (Å²) in [6.07, 6.45) is 0. The lowest BCUT2D eigenvalue weighted by molar-refractivity contribution is 1.10. The molecule has 8 nitrogen and oxygen atoms in total. The number of benzene rings is 6. The second kappa shape index (κ2) is 12.6. The summed E-state index contributed by atoms with van der Waals surface area (Å²) >= 11 is 0. The Kier molecular flexibility index (Phi) is 7.39. The van der Waals surface area contributed by atoms with Gasteiger partial charge in [-0.2, -0.15) is 5.26 Å². The Morgan fingerprint density at radius 1 is 0.462 bits per heavy atom. The molecule has 0 radical (unpaired) electrons. The van der Waals surface area contributed by atoms with Gasteiger partial charge >= 0.3 is 5.82 Å². The van der Waals surface area contributed by atoms with Gasteiger partial charge in [0.15, 0.2) is 11.4 Å². The second-order valence-corrected chi connectivity index (χ2v) is 12.2. The molecule has 3 heterocycles. The van der Waals surface area contributed by atoms with Crippen molar-refractivity contribution in [3.05, 3.63) is 175 Å². The minimum Gasteiger partial charge on any atom is -0.358 e. The Bertz CT molecular complexity index is 2640. The van der Waals surface area contributed by atoms with E-state index in [0.717, 1.165) is 67.3 Å². The monoisotopic (exact) mass is 666 g/mol. The van der Waals surface area contributed by atoms with Crippen molar-refractivity contribution in [2.75, 3.05) is 0 Å². The first-order chi connectivity index (χ1) is 25.7. The van der Waals surface area contributed by atoms with Crippen LogP contribution >= 0.6 is 0 Å². The van der Waals surface area contributed by atoms with Gasteiger partial charge in [0.2, 0.25) is 0 Å². The first-order valence-corrected chi connectivity index (χ1v) is 16.7. The molecular weight excluding hydrogens is 641 g/mol. The molecule has 0 spiro atoms. The van der Waals surface area contributed by atoms with Crippen molar-refractivity contribution in [1.82, 2.24) is 29.1 Å². The first-order valence-electron chi connectivity index (χ1n) is 16.7. The van der Waals surface area contributed by atoms with Crippen molar-refractivity contribution in [3.63, 3.8) is 0 Å². The average Bonchev–Trinajstić information content (AvgIpc) is 3.81. The topological polar surface area (TPSA) is 89.6 Å². The van der Waals surface area contributed by atoms with Gasteiger partial charge in [-0.05, 0) is 60.7 Å². The number of nitriles is 1. The average molecular weight is 667 g/mol. The Labute approximate surface area is 299 Å². The van der Waals surface area contributed by atoms with Crippen LogP contribution in [0.5, 0.6) is 0 Å². The predicted octanol–water partition coefficient (Wildman–Crippen LogP) is 10.2. The number of rotatable bonds is 6. The molecule has 0 amide bonds. The maximum absolute atomic E-state index is 9.92. The highest BCUT2D eigenvalue weighted by Crippen LogP contribution is 2.36. The molecule has 0 saturated carbocycles. The summed E-state index contributed by atoms with van der Waals surface area (Å²) in [7, 11) is 0. The van der Waals surface area contributed by atoms with E-state index in [4.69, 9.17) is 26.5 Å². The Morgan fingerprint density at radius 3 is 1.33 bits per heavy atom. The molecule has 0 aliphatic rings. The third-order valence-corrected chi connectivity index (χ3v) is 9.07. The van der Waals surface area contributed by atoms with Crippen molar-refractivity contribution in [3.8, 4) is 62.7 Å². The summed E-state index contributed by atoms with van der Waals surface area (Å²) in [5.41, 5.74) is 10.2. The Morgan fingerprint density at radius 2 is 0.885 bits per heavy atom. The molecule has 9 rings (SSSR count). The smallest absolute Gasteiger partial charge is 0.307 e. The maximum Gasteiger partial charge on any atom is 0.307 e. The Balaban J connectivity index is 1.15. The van der Waals surface area contributed by atoms with Crippen LogP contribution in [0, 0.1) is 17.9 Å². The molecule has 0 aliphatic heterocycles. The summed E-state index contributed by atoms with van der Waals surface area (Å²) in [5.74, 6) is 1.64. The van der Waals surface area contributed by atoms with Crippen molar-refractivity contribution in [2.45, 2.75) is 0 Å². The van der Waals surface area contributed by atoms with Crippen molar-refractivity contribution >= 4 is 27.9 Å². The van der Waals surface area contributed by atoms with Crippen LogP contribution in [0.15, 0.2) is 158 Å². The molecule has 6 aromatic carbocycles. The zero-order chi connectivity index (χ0) is 35.0. The highest BCUT2D eigenvalue weighted by Gasteiger charge is 2.22. The van der Waals surface area contributed by atoms with Crippen LogP contribution in [0.1, 0.15) is 5.69 Å². The third kappa shape index (κ3) is 5.16. The minimum atomic E-state index is -0.0358. The fourth-order valence-electron chi connectivity index (χ4n) is 6.66. The van der Waals surface area contributed by atoms with E-state index in [1.165, 1.54) is 0 Å². The van der Waals surface area contributed by atoms with Gasteiger partial charge in [-0.3, -0.25) is 9.13 Å². The summed E-state index contributed by atoms with van der Waals surface area (Å²) in [6.45, 7) is 7.75. The minimum absolute atomic E-state index is 0.0150. The fraction of sp³-hybridized carbons (Fsp3) is 0. The standard InChI is InChI=1S/C44H26N8/c1-46-42-37(28-45)47-40(29-20-24-33(25-21-29)51-38-18-10-8-16-35(38)48-43(51)31-12-4-2-5-13-31)41(50-42)30-22-26-34(27-23-30)52-39-19-11-9-17-36(39)49-44(52)32-14-6-3-7-15-32/h2-27H. The number of aromatic nitrogens is 6. The summed E-state index contributed by atoms with van der Waals surface area (Å²) in [4.78, 5) is 22.9. The SMILES string of the molecule is [C-]#[N+]c1nc(-c2ccc(-n3c(-c4ccccc4)nc4ccccc43)cc2)c(-c2ccc(-n3c(-c4ccccc4)nc4ccccc43)cc2)nc1C#N. The van der Waals surface area contributed by atoms with E-state index in [0.29, 0.717) is 11.4 Å². The van der Waals surface area contributed by atoms with Gasteiger partial charge in [0.25, 0.3) is 0 Å². The van der Waals surface area contributed by atoms with Crippen LogP contribution in [-0.2, 0) is 0 Å². The van der Waals surface area contributed by atoms with E-state index in [1.54, 1.807) is 0 Å². The van der Waals surface area contributed by atoms with Crippen LogP contribution in [0.2, 0.25) is 0 Å². The van der Waals surface area contributed by atoms with Gasteiger partial charge < -0.3 is 4.85 Å². The molecule has 0 unspecified atom stereocenters. The molecule has 0 atom stereocenters. The zero-order valence-corrected chi connectivity index (χ0v) is 27.6. The van der Waals surface area contributed by atoms with E-state index in [2.05, 4.69) is 56.4 Å². The molecule has 0 N–H and O–H groups in total. The normalized spacial score (nSPS) is 11.0. The van der Waals surface area contributed by atoms with Gasteiger partial charge in [-0.15, -0.1) is 4.98 Å². The number of para-hydroxylation sites is 4. The first kappa shape index (κ1) is 30.4. The largest absolute Gasteiger partial charge is 0.358 e. The molecule has 8 heteroatoms. The third-order valence-electron chi connectivity index (χ3n) is 9.07. The van der Waals surface area contributed by atoms with Gasteiger partial charge in [-0.1, -0.05) is 104 Å². The number of imidazole rings is 2. The van der Waals surface area contributed by atoms with E-state index < -0.39 is 0 Å². The zero-order valence-electron chi connectivity index (χ0n) is 27.6. The number of fused-ring (bicyclic) bond motifs is 2. The molecule has 0 aliphatic carbocycles. The predicted molar refractivity (Wildman–Crippen MR) is 204 cm³/mol. The summed E-state index contributed by atoms with van der Waals surface area (Å²) in [5, 5.41) is 9.92. The molecule has 0 saturated heterocycles. The van der Waals surface area contributed by atoms with Crippen LogP contribution in [-0.4, -0.2) is 29.1 Å². The fourth-order valence-corrected chi connectivity index (χ4v) is 6.66. The van der Waals surface area contributed by atoms with E-state index in [-0.39, 0.29) is 11.5 Å². The molecular formula is C44H26N8. The highest BCUT2D eigenvalue weighted by molar-refractivity contribution is 5.86.